The van der Waals surface area contributed by atoms with E-state index in [1.54, 1.807) is 13.3 Å². The Hall–Kier alpha value is -1.63. The molecule has 4 saturated carbocycles. The Balaban J connectivity index is 1.82. The van der Waals surface area contributed by atoms with Gasteiger partial charge in [0.15, 0.2) is 5.75 Å². The summed E-state index contributed by atoms with van der Waals surface area (Å²) < 4.78 is 5.50. The van der Waals surface area contributed by atoms with Crippen LogP contribution in [0.4, 0.5) is 0 Å². The molecule has 5 rings (SSSR count). The molecule has 4 bridgehead atoms. The number of aromatic nitrogens is 2. The highest BCUT2D eigenvalue weighted by Gasteiger charge is 2.53. The van der Waals surface area contributed by atoms with Gasteiger partial charge in [-0.1, -0.05) is 0 Å². The summed E-state index contributed by atoms with van der Waals surface area (Å²) in [7, 11) is 1.68. The van der Waals surface area contributed by atoms with Gasteiger partial charge in [-0.05, 0) is 56.3 Å². The first-order valence-corrected chi connectivity index (χ1v) is 7.54. The van der Waals surface area contributed by atoms with Crippen molar-refractivity contribution < 1.29 is 4.74 Å². The smallest absolute Gasteiger partial charge is 0.232 e. The van der Waals surface area contributed by atoms with Crippen LogP contribution in [-0.4, -0.2) is 17.1 Å². The van der Waals surface area contributed by atoms with Crippen LogP contribution in [0, 0.1) is 29.1 Å². The number of rotatable bonds is 2. The monoisotopic (exact) mass is 269 g/mol. The SMILES string of the molecule is COc1cnc(C#N)nc1C12CC3CC(CC(C3)C1)C2. The van der Waals surface area contributed by atoms with E-state index in [2.05, 4.69) is 16.0 Å². The zero-order chi connectivity index (χ0) is 13.7. The first kappa shape index (κ1) is 12.1. The topological polar surface area (TPSA) is 58.8 Å². The Morgan fingerprint density at radius 3 is 2.30 bits per heavy atom. The zero-order valence-corrected chi connectivity index (χ0v) is 11.8. The molecule has 4 aliphatic carbocycles. The molecule has 0 atom stereocenters. The predicted molar refractivity (Wildman–Crippen MR) is 73.1 cm³/mol. The molecule has 0 spiro atoms. The number of ether oxygens (including phenoxy) is 1. The van der Waals surface area contributed by atoms with Crippen LogP contribution < -0.4 is 4.74 Å². The first-order chi connectivity index (χ1) is 9.72. The average Bonchev–Trinajstić information content (AvgIpc) is 2.45. The third kappa shape index (κ3) is 1.65. The first-order valence-electron chi connectivity index (χ1n) is 7.54. The van der Waals surface area contributed by atoms with Gasteiger partial charge in [0.2, 0.25) is 5.82 Å². The Morgan fingerprint density at radius 2 is 1.80 bits per heavy atom. The normalized spacial score (nSPS) is 37.7. The second-order valence-corrected chi connectivity index (χ2v) is 6.92. The van der Waals surface area contributed by atoms with Crippen molar-refractivity contribution in [2.24, 2.45) is 17.8 Å². The lowest BCUT2D eigenvalue weighted by atomic mass is 9.48. The number of hydrogen-bond donors (Lipinski definition) is 0. The third-order valence-corrected chi connectivity index (χ3v) is 5.62. The molecule has 1 aromatic rings. The van der Waals surface area contributed by atoms with Crippen LogP contribution in [0.15, 0.2) is 6.20 Å². The van der Waals surface area contributed by atoms with Crippen LogP contribution in [0.25, 0.3) is 0 Å². The van der Waals surface area contributed by atoms with Crippen LogP contribution >= 0.6 is 0 Å². The van der Waals surface area contributed by atoms with Crippen molar-refractivity contribution in [3.8, 4) is 11.8 Å². The highest BCUT2D eigenvalue weighted by Crippen LogP contribution is 2.61. The van der Waals surface area contributed by atoms with Gasteiger partial charge in [0.05, 0.1) is 19.0 Å². The lowest BCUT2D eigenvalue weighted by Crippen LogP contribution is -2.49. The molecule has 0 aromatic carbocycles. The highest BCUT2D eigenvalue weighted by molar-refractivity contribution is 5.36. The van der Waals surface area contributed by atoms with Crippen molar-refractivity contribution in [2.45, 2.75) is 43.9 Å². The van der Waals surface area contributed by atoms with Gasteiger partial charge < -0.3 is 4.74 Å². The number of nitrogens with zero attached hydrogens (tertiary/aromatic N) is 3. The van der Waals surface area contributed by atoms with Crippen molar-refractivity contribution in [2.75, 3.05) is 7.11 Å². The third-order valence-electron chi connectivity index (χ3n) is 5.62. The van der Waals surface area contributed by atoms with Gasteiger partial charge in [0, 0.05) is 5.41 Å². The lowest BCUT2D eigenvalue weighted by Gasteiger charge is -2.56. The molecule has 4 aliphatic rings. The molecule has 0 saturated heterocycles. The quantitative estimate of drug-likeness (QED) is 0.828. The van der Waals surface area contributed by atoms with Crippen LogP contribution in [0.1, 0.15) is 50.0 Å². The maximum atomic E-state index is 9.09. The molecule has 0 amide bonds. The molecule has 1 heterocycles. The maximum Gasteiger partial charge on any atom is 0.232 e. The predicted octanol–water partition coefficient (Wildman–Crippen LogP) is 2.82. The zero-order valence-electron chi connectivity index (χ0n) is 11.8. The van der Waals surface area contributed by atoms with E-state index < -0.39 is 0 Å². The molecule has 0 aliphatic heterocycles. The van der Waals surface area contributed by atoms with Crippen LogP contribution in [0.3, 0.4) is 0 Å². The van der Waals surface area contributed by atoms with E-state index in [1.807, 2.05) is 0 Å². The molecule has 4 fully saturated rings. The van der Waals surface area contributed by atoms with Crippen LogP contribution in [-0.2, 0) is 5.41 Å². The van der Waals surface area contributed by atoms with Gasteiger partial charge in [-0.3, -0.25) is 0 Å². The van der Waals surface area contributed by atoms with Gasteiger partial charge in [-0.15, -0.1) is 0 Å². The fourth-order valence-electron chi connectivity index (χ4n) is 5.35. The summed E-state index contributed by atoms with van der Waals surface area (Å²) in [6.45, 7) is 0. The van der Waals surface area contributed by atoms with Gasteiger partial charge in [-0.2, -0.15) is 5.26 Å². The van der Waals surface area contributed by atoms with Crippen LogP contribution in [0.2, 0.25) is 0 Å². The lowest BCUT2D eigenvalue weighted by molar-refractivity contribution is -0.00837. The Morgan fingerprint density at radius 1 is 1.20 bits per heavy atom. The molecular weight excluding hydrogens is 250 g/mol. The fraction of sp³-hybridized carbons (Fsp3) is 0.688. The standard InChI is InChI=1S/C16H19N3O/c1-20-13-9-18-14(8-17)19-15(13)16-5-10-2-11(6-16)4-12(3-10)7-16/h9-12H,2-7H2,1H3. The second kappa shape index (κ2) is 4.18. The highest BCUT2D eigenvalue weighted by atomic mass is 16.5. The summed E-state index contributed by atoms with van der Waals surface area (Å²) in [5.41, 5.74) is 1.15. The molecule has 20 heavy (non-hydrogen) atoms. The Labute approximate surface area is 119 Å². The van der Waals surface area contributed by atoms with Crippen molar-refractivity contribution in [3.63, 3.8) is 0 Å². The molecule has 0 radical (unpaired) electrons. The van der Waals surface area contributed by atoms with E-state index in [4.69, 9.17) is 10.00 Å². The molecule has 4 nitrogen and oxygen atoms in total. The van der Waals surface area contributed by atoms with Gasteiger partial charge in [0.1, 0.15) is 6.07 Å². The van der Waals surface area contributed by atoms with Crippen molar-refractivity contribution in [1.29, 1.82) is 5.26 Å². The summed E-state index contributed by atoms with van der Waals surface area (Å²) in [6.07, 6.45) is 9.54. The van der Waals surface area contributed by atoms with E-state index in [1.165, 1.54) is 38.5 Å². The molecule has 104 valence electrons. The Kier molecular flexibility index (Phi) is 2.54. The summed E-state index contributed by atoms with van der Waals surface area (Å²) in [4.78, 5) is 8.61. The second-order valence-electron chi connectivity index (χ2n) is 6.92. The minimum atomic E-state index is 0.147. The summed E-state index contributed by atoms with van der Waals surface area (Å²) in [6, 6.07) is 2.07. The fourth-order valence-corrected chi connectivity index (χ4v) is 5.35. The summed E-state index contributed by atoms with van der Waals surface area (Å²) >= 11 is 0. The van der Waals surface area contributed by atoms with E-state index >= 15 is 0 Å². The minimum Gasteiger partial charge on any atom is -0.493 e. The maximum absolute atomic E-state index is 9.09. The van der Waals surface area contributed by atoms with Crippen molar-refractivity contribution in [3.05, 3.63) is 17.7 Å². The number of hydrogen-bond acceptors (Lipinski definition) is 4. The summed E-state index contributed by atoms with van der Waals surface area (Å²) in [5.74, 6) is 3.60. The summed E-state index contributed by atoms with van der Waals surface area (Å²) in [5, 5.41) is 9.09. The van der Waals surface area contributed by atoms with Gasteiger partial charge in [0.25, 0.3) is 0 Å². The Bertz CT molecular complexity index is 555. The van der Waals surface area contributed by atoms with E-state index in [0.29, 0.717) is 0 Å². The molecule has 1 aromatic heterocycles. The van der Waals surface area contributed by atoms with E-state index in [0.717, 1.165) is 29.2 Å². The molecular formula is C16H19N3O. The number of nitriles is 1. The minimum absolute atomic E-state index is 0.147. The molecule has 0 N–H and O–H groups in total. The van der Waals surface area contributed by atoms with Crippen LogP contribution in [0.5, 0.6) is 5.75 Å². The molecule has 0 unspecified atom stereocenters. The van der Waals surface area contributed by atoms with Crippen molar-refractivity contribution >= 4 is 0 Å². The van der Waals surface area contributed by atoms with Gasteiger partial charge in [-0.25, -0.2) is 9.97 Å². The number of methoxy groups -OCH3 is 1. The van der Waals surface area contributed by atoms with Crippen molar-refractivity contribution in [1.82, 2.24) is 9.97 Å². The molecule has 4 heteroatoms. The van der Waals surface area contributed by atoms with Gasteiger partial charge >= 0.3 is 0 Å². The average molecular weight is 269 g/mol. The van der Waals surface area contributed by atoms with E-state index in [-0.39, 0.29) is 11.2 Å². The van der Waals surface area contributed by atoms with E-state index in [9.17, 15) is 0 Å². The largest absolute Gasteiger partial charge is 0.493 e.